The molecule has 0 radical (unpaired) electrons. The van der Waals surface area contributed by atoms with Gasteiger partial charge in [-0.2, -0.15) is 13.2 Å². The first-order valence-corrected chi connectivity index (χ1v) is 9.54. The Kier molecular flexibility index (Phi) is 7.06. The molecular formula is C25H19F3O4. The van der Waals surface area contributed by atoms with E-state index in [4.69, 9.17) is 14.6 Å². The number of carboxylic acids is 1. The third-order valence-electron chi connectivity index (χ3n) is 4.60. The molecule has 0 fully saturated rings. The maximum Gasteiger partial charge on any atom is 0.416 e. The Morgan fingerprint density at radius 2 is 1.72 bits per heavy atom. The highest BCUT2D eigenvalue weighted by atomic mass is 19.4. The summed E-state index contributed by atoms with van der Waals surface area (Å²) in [4.78, 5) is 11.0. The Hall–Kier alpha value is -3.92. The number of carbonyl (C=O) groups is 1. The molecule has 7 heteroatoms. The van der Waals surface area contributed by atoms with Crippen molar-refractivity contribution in [3.8, 4) is 28.9 Å². The summed E-state index contributed by atoms with van der Waals surface area (Å²) in [5.41, 5.74) is 2.77. The van der Waals surface area contributed by atoms with Crippen molar-refractivity contribution in [3.05, 3.63) is 89.0 Å². The van der Waals surface area contributed by atoms with E-state index in [2.05, 4.69) is 12.0 Å². The fourth-order valence-electron chi connectivity index (χ4n) is 3.06. The van der Waals surface area contributed by atoms with Crippen LogP contribution in [-0.2, 0) is 28.7 Å². The third kappa shape index (κ3) is 6.05. The van der Waals surface area contributed by atoms with E-state index in [1.807, 2.05) is 24.3 Å². The molecule has 0 atom stereocenters. The van der Waals surface area contributed by atoms with Crippen LogP contribution < -0.4 is 4.74 Å². The topological polar surface area (TPSA) is 55.8 Å². The van der Waals surface area contributed by atoms with E-state index in [0.29, 0.717) is 16.9 Å². The summed E-state index contributed by atoms with van der Waals surface area (Å²) >= 11 is 0. The molecule has 0 aromatic heterocycles. The molecule has 1 N–H and O–H groups in total. The average molecular weight is 440 g/mol. The molecule has 32 heavy (non-hydrogen) atoms. The largest absolute Gasteiger partial charge is 0.496 e. The first-order chi connectivity index (χ1) is 15.3. The summed E-state index contributed by atoms with van der Waals surface area (Å²) in [5.74, 6) is 2.35. The molecule has 0 aliphatic carbocycles. The second-order valence-electron chi connectivity index (χ2n) is 6.89. The molecule has 0 unspecified atom stereocenters. The SMILES string of the molecule is COc1ccc(-c2cccc(CC(=O)O)c2)cc1COC#Cc1ccc(C(F)(F)F)cc1. The van der Waals surface area contributed by atoms with Gasteiger partial charge in [0.15, 0.2) is 0 Å². The standard InChI is InChI=1S/C25H19F3O4/c1-31-23-10-7-20(19-4-2-3-18(13-19)14-24(29)30)15-21(23)16-32-12-11-17-5-8-22(9-6-17)25(26,27)28/h2-10,13,15H,14,16H2,1H3,(H,29,30). The predicted molar refractivity (Wildman–Crippen MR) is 113 cm³/mol. The zero-order chi connectivity index (χ0) is 23.1. The van der Waals surface area contributed by atoms with Gasteiger partial charge in [0.2, 0.25) is 0 Å². The van der Waals surface area contributed by atoms with Crippen molar-refractivity contribution in [2.75, 3.05) is 7.11 Å². The van der Waals surface area contributed by atoms with Crippen LogP contribution in [0.2, 0.25) is 0 Å². The Bertz CT molecular complexity index is 1160. The first kappa shape index (κ1) is 22.8. The average Bonchev–Trinajstić information content (AvgIpc) is 2.76. The van der Waals surface area contributed by atoms with Gasteiger partial charge in [0.25, 0.3) is 0 Å². The van der Waals surface area contributed by atoms with E-state index < -0.39 is 17.7 Å². The molecule has 3 aromatic rings. The zero-order valence-electron chi connectivity index (χ0n) is 17.1. The molecule has 0 aliphatic heterocycles. The number of benzene rings is 3. The van der Waals surface area contributed by atoms with Crippen LogP contribution in [0.1, 0.15) is 22.3 Å². The fourth-order valence-corrected chi connectivity index (χ4v) is 3.06. The fraction of sp³-hybridized carbons (Fsp3) is 0.160. The van der Waals surface area contributed by atoms with Gasteiger partial charge in [-0.15, -0.1) is 0 Å². The minimum Gasteiger partial charge on any atom is -0.496 e. The van der Waals surface area contributed by atoms with Gasteiger partial charge in [0.05, 0.1) is 19.1 Å². The van der Waals surface area contributed by atoms with Gasteiger partial charge >= 0.3 is 12.1 Å². The highest BCUT2D eigenvalue weighted by Crippen LogP contribution is 2.29. The number of aliphatic carboxylic acids is 1. The van der Waals surface area contributed by atoms with E-state index >= 15 is 0 Å². The molecule has 0 saturated heterocycles. The Labute approximate surface area is 183 Å². The number of rotatable bonds is 6. The zero-order valence-corrected chi connectivity index (χ0v) is 17.1. The highest BCUT2D eigenvalue weighted by molar-refractivity contribution is 5.72. The van der Waals surface area contributed by atoms with Crippen LogP contribution in [0, 0.1) is 12.0 Å². The number of hydrogen-bond acceptors (Lipinski definition) is 3. The summed E-state index contributed by atoms with van der Waals surface area (Å²) in [7, 11) is 1.53. The van der Waals surface area contributed by atoms with Gasteiger partial charge in [-0.3, -0.25) is 4.79 Å². The maximum absolute atomic E-state index is 12.6. The van der Waals surface area contributed by atoms with Crippen LogP contribution in [0.3, 0.4) is 0 Å². The number of methoxy groups -OCH3 is 1. The van der Waals surface area contributed by atoms with Crippen LogP contribution in [0.4, 0.5) is 13.2 Å². The van der Waals surface area contributed by atoms with Crippen molar-refractivity contribution in [2.45, 2.75) is 19.2 Å². The summed E-state index contributed by atoms with van der Waals surface area (Å²) < 4.78 is 48.6. The summed E-state index contributed by atoms with van der Waals surface area (Å²) in [5, 5.41) is 9.00. The third-order valence-corrected chi connectivity index (χ3v) is 4.60. The van der Waals surface area contributed by atoms with Crippen LogP contribution in [0.15, 0.2) is 66.7 Å². The van der Waals surface area contributed by atoms with Crippen molar-refractivity contribution >= 4 is 5.97 Å². The Morgan fingerprint density at radius 3 is 2.38 bits per heavy atom. The van der Waals surface area contributed by atoms with Gasteiger partial charge in [0.1, 0.15) is 18.5 Å². The molecule has 0 aliphatic rings. The lowest BCUT2D eigenvalue weighted by atomic mass is 10.00. The van der Waals surface area contributed by atoms with E-state index in [1.54, 1.807) is 18.2 Å². The lowest BCUT2D eigenvalue weighted by Crippen LogP contribution is -2.04. The molecule has 0 amide bonds. The summed E-state index contributed by atoms with van der Waals surface area (Å²) in [6.45, 7) is 0.0967. The van der Waals surface area contributed by atoms with Crippen LogP contribution in [0.5, 0.6) is 5.75 Å². The quantitative estimate of drug-likeness (QED) is 0.512. The van der Waals surface area contributed by atoms with Crippen LogP contribution in [-0.4, -0.2) is 18.2 Å². The van der Waals surface area contributed by atoms with Crippen molar-refractivity contribution in [3.63, 3.8) is 0 Å². The number of carboxylic acid groups (broad SMARTS) is 1. The Balaban J connectivity index is 1.74. The predicted octanol–water partition coefficient (Wildman–Crippen LogP) is 5.53. The molecule has 3 rings (SSSR count). The van der Waals surface area contributed by atoms with Gasteiger partial charge in [-0.25, -0.2) is 0 Å². The molecule has 0 heterocycles. The van der Waals surface area contributed by atoms with E-state index in [1.165, 1.54) is 19.2 Å². The first-order valence-electron chi connectivity index (χ1n) is 9.54. The Morgan fingerprint density at radius 1 is 1.00 bits per heavy atom. The van der Waals surface area contributed by atoms with Crippen molar-refractivity contribution in [1.29, 1.82) is 0 Å². The molecule has 3 aromatic carbocycles. The maximum atomic E-state index is 12.6. The van der Waals surface area contributed by atoms with E-state index in [9.17, 15) is 18.0 Å². The van der Waals surface area contributed by atoms with E-state index in [-0.39, 0.29) is 13.0 Å². The smallest absolute Gasteiger partial charge is 0.416 e. The second-order valence-corrected chi connectivity index (χ2v) is 6.89. The molecule has 4 nitrogen and oxygen atoms in total. The van der Waals surface area contributed by atoms with Crippen LogP contribution >= 0.6 is 0 Å². The van der Waals surface area contributed by atoms with Gasteiger partial charge < -0.3 is 14.6 Å². The van der Waals surface area contributed by atoms with Gasteiger partial charge in [-0.05, 0) is 59.0 Å². The second kappa shape index (κ2) is 9.92. The monoisotopic (exact) mass is 440 g/mol. The van der Waals surface area contributed by atoms with Crippen LogP contribution in [0.25, 0.3) is 11.1 Å². The minimum absolute atomic E-state index is 0.0699. The van der Waals surface area contributed by atoms with Crippen molar-refractivity contribution < 1.29 is 32.5 Å². The lowest BCUT2D eigenvalue weighted by Gasteiger charge is -2.11. The van der Waals surface area contributed by atoms with Crippen molar-refractivity contribution in [2.24, 2.45) is 0 Å². The number of halogens is 3. The molecule has 0 bridgehead atoms. The van der Waals surface area contributed by atoms with E-state index in [0.717, 1.165) is 28.8 Å². The number of ether oxygens (including phenoxy) is 2. The molecular weight excluding hydrogens is 421 g/mol. The number of hydrogen-bond donors (Lipinski definition) is 1. The summed E-state index contributed by atoms with van der Waals surface area (Å²) in [6, 6.07) is 17.2. The van der Waals surface area contributed by atoms with Crippen molar-refractivity contribution in [1.82, 2.24) is 0 Å². The van der Waals surface area contributed by atoms with Gasteiger partial charge in [-0.1, -0.05) is 30.3 Å². The molecule has 164 valence electrons. The lowest BCUT2D eigenvalue weighted by molar-refractivity contribution is -0.138. The molecule has 0 spiro atoms. The normalized spacial score (nSPS) is 10.8. The van der Waals surface area contributed by atoms with Gasteiger partial charge in [0, 0.05) is 11.1 Å². The minimum atomic E-state index is -4.39. The molecule has 0 saturated carbocycles. The number of alkyl halides is 3. The highest BCUT2D eigenvalue weighted by Gasteiger charge is 2.29. The summed E-state index contributed by atoms with van der Waals surface area (Å²) in [6.07, 6.45) is -1.96.